The summed E-state index contributed by atoms with van der Waals surface area (Å²) in [7, 11) is -1.18. The lowest BCUT2D eigenvalue weighted by molar-refractivity contribution is -0.144. The minimum absolute atomic E-state index is 0.0929. The zero-order chi connectivity index (χ0) is 15.1. The summed E-state index contributed by atoms with van der Waals surface area (Å²) in [5.41, 5.74) is -0.963. The Labute approximate surface area is 116 Å². The Bertz CT molecular complexity index is 383. The summed E-state index contributed by atoms with van der Waals surface area (Å²) in [5, 5.41) is 12.3. The van der Waals surface area contributed by atoms with E-state index in [9.17, 15) is 18.3 Å². The van der Waals surface area contributed by atoms with Crippen molar-refractivity contribution in [3.63, 3.8) is 0 Å². The number of carboxylic acids is 1. The summed E-state index contributed by atoms with van der Waals surface area (Å²) >= 11 is 0. The zero-order valence-electron chi connectivity index (χ0n) is 12.3. The van der Waals surface area contributed by atoms with Crippen LogP contribution in [0.5, 0.6) is 0 Å². The number of rotatable bonds is 10. The van der Waals surface area contributed by atoms with Crippen LogP contribution in [0.1, 0.15) is 26.7 Å². The van der Waals surface area contributed by atoms with Gasteiger partial charge in [0.05, 0.1) is 5.75 Å². The molecule has 114 valence electrons. The molecule has 0 aliphatic heterocycles. The van der Waals surface area contributed by atoms with Crippen molar-refractivity contribution in [1.82, 2.24) is 10.2 Å². The van der Waals surface area contributed by atoms with Gasteiger partial charge in [-0.1, -0.05) is 6.92 Å². The number of carboxylic acid groups (broad SMARTS) is 1. The molecule has 0 aliphatic rings. The molecule has 0 spiro atoms. The quantitative estimate of drug-likeness (QED) is 0.598. The summed E-state index contributed by atoms with van der Waals surface area (Å²) in [5.74, 6) is -0.784. The highest BCUT2D eigenvalue weighted by Gasteiger charge is 2.32. The molecule has 0 fully saturated rings. The maximum Gasteiger partial charge on any atom is 0.323 e. The smallest absolute Gasteiger partial charge is 0.323 e. The Morgan fingerprint density at radius 2 is 1.95 bits per heavy atom. The lowest BCUT2D eigenvalue weighted by Gasteiger charge is -2.28. The number of hydrogen-bond donors (Lipinski definition) is 2. The Hall–Kier alpha value is -0.660. The number of nitrogens with one attached hydrogen (secondary N) is 1. The van der Waals surface area contributed by atoms with Gasteiger partial charge in [-0.3, -0.25) is 4.79 Å². The van der Waals surface area contributed by atoms with Gasteiger partial charge in [0.2, 0.25) is 0 Å². The van der Waals surface area contributed by atoms with E-state index in [1.54, 1.807) is 14.0 Å². The van der Waals surface area contributed by atoms with E-state index >= 15 is 0 Å². The summed E-state index contributed by atoms with van der Waals surface area (Å²) in [6.07, 6.45) is 2.50. The Morgan fingerprint density at radius 1 is 1.37 bits per heavy atom. The maximum absolute atomic E-state index is 11.3. The summed E-state index contributed by atoms with van der Waals surface area (Å²) in [4.78, 5) is 13.1. The molecule has 0 aromatic carbocycles. The molecule has 19 heavy (non-hydrogen) atoms. The predicted molar refractivity (Wildman–Crippen MR) is 76.2 cm³/mol. The molecule has 0 bridgehead atoms. The maximum atomic E-state index is 11.3. The molecule has 0 saturated heterocycles. The van der Waals surface area contributed by atoms with Gasteiger partial charge in [0.25, 0.3) is 0 Å². The topological polar surface area (TPSA) is 86.7 Å². The fourth-order valence-corrected chi connectivity index (χ4v) is 2.16. The van der Waals surface area contributed by atoms with Crippen LogP contribution in [0, 0.1) is 0 Å². The molecular weight excluding hydrogens is 268 g/mol. The molecule has 0 aromatic rings. The molecule has 1 atom stereocenters. The minimum atomic E-state index is -2.98. The van der Waals surface area contributed by atoms with Gasteiger partial charge < -0.3 is 15.3 Å². The summed E-state index contributed by atoms with van der Waals surface area (Å²) < 4.78 is 22.1. The molecule has 0 radical (unpaired) electrons. The van der Waals surface area contributed by atoms with Crippen LogP contribution in [0.4, 0.5) is 0 Å². The SMILES string of the molecule is CCCNC(C)(CCN(C)CCS(C)(=O)=O)C(=O)O. The van der Waals surface area contributed by atoms with E-state index in [4.69, 9.17) is 0 Å². The molecule has 7 heteroatoms. The van der Waals surface area contributed by atoms with Gasteiger partial charge in [-0.25, -0.2) is 8.42 Å². The van der Waals surface area contributed by atoms with Crippen LogP contribution in [-0.4, -0.2) is 68.6 Å². The van der Waals surface area contributed by atoms with Crippen LogP contribution in [0.3, 0.4) is 0 Å². The Balaban J connectivity index is 4.28. The van der Waals surface area contributed by atoms with Crippen LogP contribution in [0.25, 0.3) is 0 Å². The number of sulfone groups is 1. The van der Waals surface area contributed by atoms with Gasteiger partial charge in [-0.15, -0.1) is 0 Å². The highest BCUT2D eigenvalue weighted by Crippen LogP contribution is 2.11. The zero-order valence-corrected chi connectivity index (χ0v) is 13.1. The van der Waals surface area contributed by atoms with Gasteiger partial charge in [-0.05, 0) is 33.4 Å². The molecule has 0 rings (SSSR count). The van der Waals surface area contributed by atoms with E-state index < -0.39 is 21.3 Å². The highest BCUT2D eigenvalue weighted by atomic mass is 32.2. The van der Waals surface area contributed by atoms with Crippen LogP contribution < -0.4 is 5.32 Å². The first-order valence-electron chi connectivity index (χ1n) is 6.45. The average Bonchev–Trinajstić information content (AvgIpc) is 2.30. The average molecular weight is 294 g/mol. The molecule has 1 unspecified atom stereocenters. The second-order valence-electron chi connectivity index (χ2n) is 5.25. The minimum Gasteiger partial charge on any atom is -0.480 e. The van der Waals surface area contributed by atoms with Gasteiger partial charge >= 0.3 is 5.97 Å². The second-order valence-corrected chi connectivity index (χ2v) is 7.51. The number of aliphatic carboxylic acids is 1. The van der Waals surface area contributed by atoms with Gasteiger partial charge in [0, 0.05) is 19.3 Å². The number of nitrogens with zero attached hydrogens (tertiary/aromatic N) is 1. The number of hydrogen-bond acceptors (Lipinski definition) is 5. The van der Waals surface area contributed by atoms with E-state index in [0.717, 1.165) is 6.42 Å². The second kappa shape index (κ2) is 7.81. The van der Waals surface area contributed by atoms with Crippen molar-refractivity contribution in [1.29, 1.82) is 0 Å². The van der Waals surface area contributed by atoms with Crippen LogP contribution in [0.15, 0.2) is 0 Å². The standard InChI is InChI=1S/C12H26N2O4S/c1-5-7-13-12(2,11(15)16)6-8-14(3)9-10-19(4,17)18/h13H,5-10H2,1-4H3,(H,15,16). The van der Waals surface area contributed by atoms with Crippen LogP contribution in [-0.2, 0) is 14.6 Å². The van der Waals surface area contributed by atoms with E-state index in [1.807, 2.05) is 11.8 Å². The molecule has 2 N–H and O–H groups in total. The van der Waals surface area contributed by atoms with E-state index in [2.05, 4.69) is 5.32 Å². The lowest BCUT2D eigenvalue weighted by Crippen LogP contribution is -2.51. The van der Waals surface area contributed by atoms with Crippen molar-refractivity contribution >= 4 is 15.8 Å². The summed E-state index contributed by atoms with van der Waals surface area (Å²) in [6, 6.07) is 0. The predicted octanol–water partition coefficient (Wildman–Crippen LogP) is 0.196. The van der Waals surface area contributed by atoms with Gasteiger partial charge in [0.15, 0.2) is 0 Å². The largest absolute Gasteiger partial charge is 0.480 e. The normalized spacial score (nSPS) is 15.4. The molecule has 0 amide bonds. The molecule has 0 heterocycles. The molecule has 0 saturated carbocycles. The van der Waals surface area contributed by atoms with Crippen molar-refractivity contribution in [2.75, 3.05) is 38.7 Å². The molecule has 6 nitrogen and oxygen atoms in total. The molecule has 0 aromatic heterocycles. The van der Waals surface area contributed by atoms with Gasteiger partial charge in [-0.2, -0.15) is 0 Å². The Morgan fingerprint density at radius 3 is 2.37 bits per heavy atom. The first-order chi connectivity index (χ1) is 8.60. The van der Waals surface area contributed by atoms with Crippen molar-refractivity contribution in [2.24, 2.45) is 0 Å². The summed E-state index contributed by atoms with van der Waals surface area (Å²) in [6.45, 7) is 5.25. The lowest BCUT2D eigenvalue weighted by atomic mass is 9.97. The van der Waals surface area contributed by atoms with Crippen molar-refractivity contribution in [2.45, 2.75) is 32.2 Å². The Kier molecular flexibility index (Phi) is 7.54. The van der Waals surface area contributed by atoms with E-state index in [-0.39, 0.29) is 5.75 Å². The number of carbonyl (C=O) groups is 1. The monoisotopic (exact) mass is 294 g/mol. The van der Waals surface area contributed by atoms with E-state index in [1.165, 1.54) is 6.26 Å². The molecule has 0 aliphatic carbocycles. The first kappa shape index (κ1) is 18.3. The van der Waals surface area contributed by atoms with E-state index in [0.29, 0.717) is 26.1 Å². The van der Waals surface area contributed by atoms with Gasteiger partial charge in [0.1, 0.15) is 15.4 Å². The van der Waals surface area contributed by atoms with Crippen LogP contribution in [0.2, 0.25) is 0 Å². The fraction of sp³-hybridized carbons (Fsp3) is 0.917. The third-order valence-corrected chi connectivity index (χ3v) is 4.00. The molecular formula is C12H26N2O4S. The van der Waals surface area contributed by atoms with Crippen molar-refractivity contribution in [3.05, 3.63) is 0 Å². The van der Waals surface area contributed by atoms with Crippen molar-refractivity contribution in [3.8, 4) is 0 Å². The third-order valence-electron chi connectivity index (χ3n) is 3.07. The van der Waals surface area contributed by atoms with Crippen LogP contribution >= 0.6 is 0 Å². The first-order valence-corrected chi connectivity index (χ1v) is 8.51. The third kappa shape index (κ3) is 8.18. The highest BCUT2D eigenvalue weighted by molar-refractivity contribution is 7.90. The fourth-order valence-electron chi connectivity index (χ4n) is 1.52. The van der Waals surface area contributed by atoms with Crippen molar-refractivity contribution < 1.29 is 18.3 Å².